The molecule has 1 amide bonds. The Balaban J connectivity index is 0.00000256. The molecule has 0 saturated carbocycles. The molecule has 1 aromatic rings. The Hall–Kier alpha value is -1.20. The van der Waals surface area contributed by atoms with E-state index in [1.54, 1.807) is 30.3 Å². The second kappa shape index (κ2) is 6.51. The number of nitrogens with two attached hydrogens (primary N) is 1. The van der Waals surface area contributed by atoms with Gasteiger partial charge in [0.25, 0.3) is 6.43 Å². The summed E-state index contributed by atoms with van der Waals surface area (Å²) in [6, 6.07) is 8.63. The lowest BCUT2D eigenvalue weighted by molar-refractivity contribution is -0.126. The molecule has 0 saturated heterocycles. The van der Waals surface area contributed by atoms with Crippen LogP contribution in [0, 0.1) is 0 Å². The first-order valence-corrected chi connectivity index (χ1v) is 4.85. The lowest BCUT2D eigenvalue weighted by Gasteiger charge is -2.23. The van der Waals surface area contributed by atoms with Crippen molar-refractivity contribution in [3.05, 3.63) is 35.9 Å². The van der Waals surface area contributed by atoms with Crippen LogP contribution < -0.4 is 11.1 Å². The van der Waals surface area contributed by atoms with Crippen LogP contribution >= 0.6 is 12.4 Å². The van der Waals surface area contributed by atoms with Crippen molar-refractivity contribution < 1.29 is 13.6 Å². The van der Waals surface area contributed by atoms with Crippen molar-refractivity contribution in [2.75, 3.05) is 6.54 Å². The van der Waals surface area contributed by atoms with Gasteiger partial charge in [0.05, 0.1) is 6.54 Å². The fourth-order valence-electron chi connectivity index (χ4n) is 1.27. The number of hydrogen-bond acceptors (Lipinski definition) is 2. The predicted octanol–water partition coefficient (Wildman–Crippen LogP) is 1.66. The standard InChI is InChI=1S/C11H14F2N2O.ClH/c1-11(14,8-5-3-2-4-6-8)10(16)15-7-9(12)13;/h2-6,9H,7,14H2,1H3,(H,15,16);1H. The van der Waals surface area contributed by atoms with Crippen LogP contribution in [-0.4, -0.2) is 18.9 Å². The molecule has 0 fully saturated rings. The SMILES string of the molecule is CC(N)(C(=O)NCC(F)F)c1ccccc1.Cl. The molecule has 1 unspecified atom stereocenters. The summed E-state index contributed by atoms with van der Waals surface area (Å²) in [5.74, 6) is -0.612. The van der Waals surface area contributed by atoms with E-state index in [4.69, 9.17) is 5.73 Å². The van der Waals surface area contributed by atoms with Gasteiger partial charge in [0.2, 0.25) is 5.91 Å². The van der Waals surface area contributed by atoms with Gasteiger partial charge in [-0.25, -0.2) is 8.78 Å². The Kier molecular flexibility index (Phi) is 6.05. The molecular formula is C11H15ClF2N2O. The van der Waals surface area contributed by atoms with Crippen LogP contribution in [0.5, 0.6) is 0 Å². The summed E-state index contributed by atoms with van der Waals surface area (Å²) in [5, 5.41) is 2.11. The van der Waals surface area contributed by atoms with Crippen molar-refractivity contribution in [3.63, 3.8) is 0 Å². The highest BCUT2D eigenvalue weighted by atomic mass is 35.5. The highest BCUT2D eigenvalue weighted by Gasteiger charge is 2.30. The van der Waals surface area contributed by atoms with Crippen LogP contribution in [-0.2, 0) is 10.3 Å². The number of alkyl halides is 2. The van der Waals surface area contributed by atoms with E-state index in [1.807, 2.05) is 0 Å². The Labute approximate surface area is 105 Å². The average molecular weight is 265 g/mol. The van der Waals surface area contributed by atoms with Crippen LogP contribution in [0.2, 0.25) is 0 Å². The summed E-state index contributed by atoms with van der Waals surface area (Å²) in [5.41, 5.74) is 5.10. The van der Waals surface area contributed by atoms with Gasteiger partial charge >= 0.3 is 0 Å². The van der Waals surface area contributed by atoms with Crippen molar-refractivity contribution in [1.82, 2.24) is 5.32 Å². The summed E-state index contributed by atoms with van der Waals surface area (Å²) in [7, 11) is 0. The molecule has 17 heavy (non-hydrogen) atoms. The van der Waals surface area contributed by atoms with Gasteiger partial charge < -0.3 is 11.1 Å². The minimum atomic E-state index is -2.57. The van der Waals surface area contributed by atoms with E-state index in [9.17, 15) is 13.6 Å². The lowest BCUT2D eigenvalue weighted by atomic mass is 9.92. The maximum absolute atomic E-state index is 11.9. The Morgan fingerprint density at radius 1 is 1.41 bits per heavy atom. The van der Waals surface area contributed by atoms with Gasteiger partial charge in [-0.1, -0.05) is 30.3 Å². The minimum absolute atomic E-state index is 0. The number of nitrogens with one attached hydrogen (secondary N) is 1. The summed E-state index contributed by atoms with van der Waals surface area (Å²) < 4.78 is 23.9. The molecule has 1 rings (SSSR count). The number of halogens is 3. The normalized spacial score (nSPS) is 13.7. The third kappa shape index (κ3) is 4.28. The second-order valence-electron chi connectivity index (χ2n) is 3.67. The quantitative estimate of drug-likeness (QED) is 0.869. The van der Waals surface area contributed by atoms with E-state index < -0.39 is 24.4 Å². The summed E-state index contributed by atoms with van der Waals surface area (Å²) in [6.07, 6.45) is -2.57. The first kappa shape index (κ1) is 15.8. The van der Waals surface area contributed by atoms with E-state index >= 15 is 0 Å². The fourth-order valence-corrected chi connectivity index (χ4v) is 1.27. The van der Waals surface area contributed by atoms with E-state index in [0.717, 1.165) is 0 Å². The molecular weight excluding hydrogens is 250 g/mol. The zero-order valence-corrected chi connectivity index (χ0v) is 10.1. The first-order chi connectivity index (χ1) is 7.44. The van der Waals surface area contributed by atoms with Crippen LogP contribution in [0.1, 0.15) is 12.5 Å². The monoisotopic (exact) mass is 264 g/mol. The number of carbonyl (C=O) groups is 1. The largest absolute Gasteiger partial charge is 0.348 e. The van der Waals surface area contributed by atoms with Gasteiger partial charge in [-0.3, -0.25) is 4.79 Å². The van der Waals surface area contributed by atoms with Crippen LogP contribution in [0.25, 0.3) is 0 Å². The molecule has 3 nitrogen and oxygen atoms in total. The summed E-state index contributed by atoms with van der Waals surface area (Å²) in [4.78, 5) is 11.6. The number of carbonyl (C=O) groups excluding carboxylic acids is 1. The summed E-state index contributed by atoms with van der Waals surface area (Å²) >= 11 is 0. The molecule has 0 bridgehead atoms. The number of rotatable bonds is 4. The molecule has 1 atom stereocenters. The fraction of sp³-hybridized carbons (Fsp3) is 0.364. The van der Waals surface area contributed by atoms with Crippen molar-refractivity contribution in [3.8, 4) is 0 Å². The zero-order chi connectivity index (χ0) is 12.2. The van der Waals surface area contributed by atoms with Crippen molar-refractivity contribution >= 4 is 18.3 Å². The van der Waals surface area contributed by atoms with Crippen molar-refractivity contribution in [2.24, 2.45) is 5.73 Å². The Morgan fingerprint density at radius 2 is 1.94 bits per heavy atom. The molecule has 6 heteroatoms. The molecule has 0 aliphatic heterocycles. The predicted molar refractivity (Wildman–Crippen MR) is 64.2 cm³/mol. The number of benzene rings is 1. The maximum Gasteiger partial charge on any atom is 0.255 e. The number of amides is 1. The van der Waals surface area contributed by atoms with Gasteiger partial charge in [0.1, 0.15) is 5.54 Å². The number of hydrogen-bond donors (Lipinski definition) is 2. The maximum atomic E-state index is 11.9. The van der Waals surface area contributed by atoms with Gasteiger partial charge in [-0.05, 0) is 12.5 Å². The third-order valence-electron chi connectivity index (χ3n) is 2.26. The van der Waals surface area contributed by atoms with Crippen LogP contribution in [0.3, 0.4) is 0 Å². The van der Waals surface area contributed by atoms with E-state index in [2.05, 4.69) is 5.32 Å². The molecule has 96 valence electrons. The van der Waals surface area contributed by atoms with Crippen LogP contribution in [0.15, 0.2) is 30.3 Å². The highest BCUT2D eigenvalue weighted by Crippen LogP contribution is 2.17. The minimum Gasteiger partial charge on any atom is -0.348 e. The van der Waals surface area contributed by atoms with Crippen molar-refractivity contribution in [1.29, 1.82) is 0 Å². The topological polar surface area (TPSA) is 55.1 Å². The van der Waals surface area contributed by atoms with Gasteiger partial charge in [0, 0.05) is 0 Å². The smallest absolute Gasteiger partial charge is 0.255 e. The van der Waals surface area contributed by atoms with E-state index in [-0.39, 0.29) is 12.4 Å². The van der Waals surface area contributed by atoms with Crippen LogP contribution in [0.4, 0.5) is 8.78 Å². The van der Waals surface area contributed by atoms with Gasteiger partial charge in [0.15, 0.2) is 0 Å². The third-order valence-corrected chi connectivity index (χ3v) is 2.26. The molecule has 0 radical (unpaired) electrons. The molecule has 0 heterocycles. The van der Waals surface area contributed by atoms with Gasteiger partial charge in [-0.15, -0.1) is 12.4 Å². The molecule has 0 spiro atoms. The van der Waals surface area contributed by atoms with E-state index in [0.29, 0.717) is 5.56 Å². The highest BCUT2D eigenvalue weighted by molar-refractivity contribution is 5.87. The average Bonchev–Trinajstić information content (AvgIpc) is 2.27. The molecule has 0 aliphatic rings. The van der Waals surface area contributed by atoms with Crippen molar-refractivity contribution in [2.45, 2.75) is 18.9 Å². The Morgan fingerprint density at radius 3 is 2.41 bits per heavy atom. The first-order valence-electron chi connectivity index (χ1n) is 4.85. The van der Waals surface area contributed by atoms with E-state index in [1.165, 1.54) is 6.92 Å². The van der Waals surface area contributed by atoms with Gasteiger partial charge in [-0.2, -0.15) is 0 Å². The summed E-state index contributed by atoms with van der Waals surface area (Å²) in [6.45, 7) is 0.807. The molecule has 3 N–H and O–H groups in total. The molecule has 1 aromatic carbocycles. The molecule has 0 aliphatic carbocycles. The lowest BCUT2D eigenvalue weighted by Crippen LogP contribution is -2.50. The second-order valence-corrected chi connectivity index (χ2v) is 3.67. The Bertz CT molecular complexity index is 358. The molecule has 0 aromatic heterocycles. The zero-order valence-electron chi connectivity index (χ0n) is 9.32.